The second-order valence-corrected chi connectivity index (χ2v) is 5.54. The van der Waals surface area contributed by atoms with E-state index in [2.05, 4.69) is 6.07 Å². The van der Waals surface area contributed by atoms with E-state index in [-0.39, 0.29) is 17.3 Å². The lowest BCUT2D eigenvalue weighted by Crippen LogP contribution is -2.44. The number of hydrogen-bond donors (Lipinski definition) is 0. The first-order chi connectivity index (χ1) is 9.13. The molecule has 2 unspecified atom stereocenters. The minimum absolute atomic E-state index is 0.0295. The lowest BCUT2D eigenvalue weighted by Gasteiger charge is -2.35. The average molecular weight is 277 g/mol. The quantitative estimate of drug-likeness (QED) is 0.779. The molecule has 1 fully saturated rings. The molecule has 19 heavy (non-hydrogen) atoms. The summed E-state index contributed by atoms with van der Waals surface area (Å²) >= 11 is 6.32. The molecule has 0 bridgehead atoms. The summed E-state index contributed by atoms with van der Waals surface area (Å²) in [7, 11) is 1.80. The SMILES string of the molecule is CN(C(=O)c1cccc(C#N)c1)C1CCCCC1Cl. The number of amides is 1. The van der Waals surface area contributed by atoms with Crippen LogP contribution < -0.4 is 0 Å². The second-order valence-electron chi connectivity index (χ2n) is 4.98. The number of carbonyl (C=O) groups is 1. The Kier molecular flexibility index (Phi) is 4.44. The summed E-state index contributed by atoms with van der Waals surface area (Å²) in [6, 6.07) is 8.95. The van der Waals surface area contributed by atoms with Gasteiger partial charge in [-0.25, -0.2) is 0 Å². The Morgan fingerprint density at radius 1 is 1.42 bits per heavy atom. The number of halogens is 1. The van der Waals surface area contributed by atoms with Crippen LogP contribution >= 0.6 is 11.6 Å². The Morgan fingerprint density at radius 3 is 2.84 bits per heavy atom. The zero-order chi connectivity index (χ0) is 13.8. The molecular formula is C15H17ClN2O. The van der Waals surface area contributed by atoms with Crippen LogP contribution in [0.4, 0.5) is 0 Å². The molecule has 1 amide bonds. The van der Waals surface area contributed by atoms with Crippen LogP contribution in [0.1, 0.15) is 41.6 Å². The van der Waals surface area contributed by atoms with Crippen LogP contribution in [-0.4, -0.2) is 29.3 Å². The molecule has 4 heteroatoms. The maximum atomic E-state index is 12.4. The first-order valence-corrected chi connectivity index (χ1v) is 6.98. The Balaban J connectivity index is 2.16. The van der Waals surface area contributed by atoms with Gasteiger partial charge in [-0.1, -0.05) is 18.9 Å². The van der Waals surface area contributed by atoms with E-state index in [4.69, 9.17) is 16.9 Å². The zero-order valence-corrected chi connectivity index (χ0v) is 11.7. The van der Waals surface area contributed by atoms with E-state index in [0.29, 0.717) is 11.1 Å². The smallest absolute Gasteiger partial charge is 0.253 e. The maximum absolute atomic E-state index is 12.4. The third kappa shape index (κ3) is 3.08. The first kappa shape index (κ1) is 13.9. The van der Waals surface area contributed by atoms with Crippen LogP contribution in [0, 0.1) is 11.3 Å². The topological polar surface area (TPSA) is 44.1 Å². The van der Waals surface area contributed by atoms with Crippen LogP contribution in [0.25, 0.3) is 0 Å². The first-order valence-electron chi connectivity index (χ1n) is 6.55. The number of nitriles is 1. The molecule has 2 atom stereocenters. The highest BCUT2D eigenvalue weighted by atomic mass is 35.5. The Hall–Kier alpha value is -1.53. The summed E-state index contributed by atoms with van der Waals surface area (Å²) in [5.41, 5.74) is 1.06. The van der Waals surface area contributed by atoms with E-state index in [1.165, 1.54) is 0 Å². The number of carbonyl (C=O) groups excluding carboxylic acids is 1. The summed E-state index contributed by atoms with van der Waals surface area (Å²) in [4.78, 5) is 14.1. The van der Waals surface area contributed by atoms with Crippen molar-refractivity contribution in [2.24, 2.45) is 0 Å². The number of benzene rings is 1. The second kappa shape index (κ2) is 6.08. The molecule has 1 aliphatic rings. The maximum Gasteiger partial charge on any atom is 0.253 e. The summed E-state index contributed by atoms with van der Waals surface area (Å²) in [6.45, 7) is 0. The fraction of sp³-hybridized carbons (Fsp3) is 0.467. The zero-order valence-electron chi connectivity index (χ0n) is 11.0. The molecular weight excluding hydrogens is 260 g/mol. The molecule has 1 aliphatic carbocycles. The third-order valence-electron chi connectivity index (χ3n) is 3.70. The third-order valence-corrected chi connectivity index (χ3v) is 4.21. The van der Waals surface area contributed by atoms with E-state index in [1.54, 1.807) is 36.2 Å². The largest absolute Gasteiger partial charge is 0.337 e. The minimum Gasteiger partial charge on any atom is -0.337 e. The van der Waals surface area contributed by atoms with E-state index in [1.807, 2.05) is 0 Å². The van der Waals surface area contributed by atoms with Crippen molar-refractivity contribution in [3.05, 3.63) is 35.4 Å². The molecule has 1 aromatic carbocycles. The highest BCUT2D eigenvalue weighted by Crippen LogP contribution is 2.27. The molecule has 0 N–H and O–H groups in total. The van der Waals surface area contributed by atoms with Crippen molar-refractivity contribution in [2.45, 2.75) is 37.1 Å². The summed E-state index contributed by atoms with van der Waals surface area (Å²) in [5, 5.41) is 8.91. The van der Waals surface area contributed by atoms with Crippen molar-refractivity contribution in [2.75, 3.05) is 7.05 Å². The highest BCUT2D eigenvalue weighted by molar-refractivity contribution is 6.21. The van der Waals surface area contributed by atoms with Gasteiger partial charge in [0.15, 0.2) is 0 Å². The van der Waals surface area contributed by atoms with Gasteiger partial charge in [-0.15, -0.1) is 11.6 Å². The van der Waals surface area contributed by atoms with Gasteiger partial charge in [0.1, 0.15) is 0 Å². The fourth-order valence-electron chi connectivity index (χ4n) is 2.58. The summed E-state index contributed by atoms with van der Waals surface area (Å²) in [6.07, 6.45) is 4.16. The summed E-state index contributed by atoms with van der Waals surface area (Å²) in [5.74, 6) is -0.0605. The molecule has 0 aliphatic heterocycles. The minimum atomic E-state index is -0.0605. The molecule has 0 saturated heterocycles. The molecule has 0 spiro atoms. The van der Waals surface area contributed by atoms with Gasteiger partial charge in [0.2, 0.25) is 0 Å². The van der Waals surface area contributed by atoms with Crippen molar-refractivity contribution in [3.8, 4) is 6.07 Å². The van der Waals surface area contributed by atoms with E-state index in [9.17, 15) is 4.79 Å². The van der Waals surface area contributed by atoms with Gasteiger partial charge in [-0.3, -0.25) is 4.79 Å². The van der Waals surface area contributed by atoms with Crippen LogP contribution in [0.5, 0.6) is 0 Å². The summed E-state index contributed by atoms with van der Waals surface area (Å²) < 4.78 is 0. The van der Waals surface area contributed by atoms with Crippen molar-refractivity contribution in [3.63, 3.8) is 0 Å². The highest BCUT2D eigenvalue weighted by Gasteiger charge is 2.29. The van der Waals surface area contributed by atoms with Gasteiger partial charge in [-0.2, -0.15) is 5.26 Å². The molecule has 2 rings (SSSR count). The normalized spacial score (nSPS) is 22.6. The predicted octanol–water partition coefficient (Wildman–Crippen LogP) is 3.18. The fourth-order valence-corrected chi connectivity index (χ4v) is 3.03. The van der Waals surface area contributed by atoms with E-state index >= 15 is 0 Å². The Bertz CT molecular complexity index is 509. The lowest BCUT2D eigenvalue weighted by atomic mass is 9.93. The number of nitrogens with zero attached hydrogens (tertiary/aromatic N) is 2. The molecule has 0 aromatic heterocycles. The van der Waals surface area contributed by atoms with E-state index in [0.717, 1.165) is 25.7 Å². The Morgan fingerprint density at radius 2 is 2.16 bits per heavy atom. The Labute approximate surface area is 118 Å². The molecule has 0 radical (unpaired) electrons. The number of rotatable bonds is 2. The molecule has 0 heterocycles. The van der Waals surface area contributed by atoms with Crippen LogP contribution in [0.3, 0.4) is 0 Å². The van der Waals surface area contributed by atoms with Crippen molar-refractivity contribution >= 4 is 17.5 Å². The van der Waals surface area contributed by atoms with Crippen molar-refractivity contribution in [1.82, 2.24) is 4.90 Å². The molecule has 1 aromatic rings. The van der Waals surface area contributed by atoms with Crippen molar-refractivity contribution < 1.29 is 4.79 Å². The van der Waals surface area contributed by atoms with Gasteiger partial charge in [0, 0.05) is 18.7 Å². The van der Waals surface area contributed by atoms with E-state index < -0.39 is 0 Å². The standard InChI is InChI=1S/C15H17ClN2O/c1-18(14-8-3-2-7-13(14)16)15(19)12-6-4-5-11(9-12)10-17/h4-6,9,13-14H,2-3,7-8H2,1H3. The monoisotopic (exact) mass is 276 g/mol. The van der Waals surface area contributed by atoms with Gasteiger partial charge in [-0.05, 0) is 31.0 Å². The molecule has 1 saturated carbocycles. The van der Waals surface area contributed by atoms with Crippen molar-refractivity contribution in [1.29, 1.82) is 5.26 Å². The number of alkyl halides is 1. The van der Waals surface area contributed by atoms with Gasteiger partial charge >= 0.3 is 0 Å². The van der Waals surface area contributed by atoms with Crippen LogP contribution in [0.15, 0.2) is 24.3 Å². The average Bonchev–Trinajstić information content (AvgIpc) is 2.46. The van der Waals surface area contributed by atoms with Gasteiger partial charge in [0.05, 0.1) is 17.0 Å². The molecule has 100 valence electrons. The number of hydrogen-bond acceptors (Lipinski definition) is 2. The predicted molar refractivity (Wildman–Crippen MR) is 75.1 cm³/mol. The lowest BCUT2D eigenvalue weighted by molar-refractivity contribution is 0.0700. The van der Waals surface area contributed by atoms with Crippen LogP contribution in [0.2, 0.25) is 0 Å². The molecule has 3 nitrogen and oxygen atoms in total. The van der Waals surface area contributed by atoms with Crippen LogP contribution in [-0.2, 0) is 0 Å². The van der Waals surface area contributed by atoms with Gasteiger partial charge < -0.3 is 4.90 Å². The van der Waals surface area contributed by atoms with Gasteiger partial charge in [0.25, 0.3) is 5.91 Å².